The zero-order valence-electron chi connectivity index (χ0n) is 16.7. The summed E-state index contributed by atoms with van der Waals surface area (Å²) in [6.45, 7) is 4.73. The predicted molar refractivity (Wildman–Crippen MR) is 106 cm³/mol. The maximum Gasteiger partial charge on any atom is 0.317 e. The summed E-state index contributed by atoms with van der Waals surface area (Å²) in [6, 6.07) is 0.273. The van der Waals surface area contributed by atoms with Gasteiger partial charge in [-0.3, -0.25) is 4.79 Å². The van der Waals surface area contributed by atoms with Crippen LogP contribution in [-0.2, 0) is 0 Å². The first kappa shape index (κ1) is 21.7. The van der Waals surface area contributed by atoms with Crippen molar-refractivity contribution in [2.75, 3.05) is 19.3 Å². The Hall–Kier alpha value is -1.57. The van der Waals surface area contributed by atoms with Crippen molar-refractivity contribution in [3.05, 3.63) is 5.89 Å². The normalized spacial score (nSPS) is 15.1. The number of nitrogens with zero attached hydrogens (tertiary/aromatic N) is 3. The summed E-state index contributed by atoms with van der Waals surface area (Å²) in [5.41, 5.74) is 0. The molecule has 0 aromatic carbocycles. The molecule has 1 fully saturated rings. The molecule has 0 atom stereocenters. The third kappa shape index (κ3) is 7.16. The standard InChI is InChI=1S/C19H32N4O3S/c1-4-14(5-2)13-16(24)17-21-22-19(26-17)27-12-11-23(3)18(25)20-15-9-7-6-8-10-15/h14-15H,4-13H2,1-3H3,(H,20,25). The van der Waals surface area contributed by atoms with E-state index < -0.39 is 0 Å². The Morgan fingerprint density at radius 3 is 2.59 bits per heavy atom. The van der Waals surface area contributed by atoms with Gasteiger partial charge in [-0.15, -0.1) is 10.2 Å². The number of carbonyl (C=O) groups is 2. The first-order valence-corrected chi connectivity index (χ1v) is 11.0. The molecule has 152 valence electrons. The Kier molecular flexibility index (Phi) is 9.10. The molecule has 1 N–H and O–H groups in total. The van der Waals surface area contributed by atoms with E-state index in [4.69, 9.17) is 4.42 Å². The van der Waals surface area contributed by atoms with Gasteiger partial charge in [0.25, 0.3) is 11.1 Å². The minimum Gasteiger partial charge on any atom is -0.408 e. The van der Waals surface area contributed by atoms with Gasteiger partial charge >= 0.3 is 6.03 Å². The number of amides is 2. The second kappa shape index (κ2) is 11.3. The first-order chi connectivity index (χ1) is 13.0. The number of carbonyl (C=O) groups excluding carboxylic acids is 2. The van der Waals surface area contributed by atoms with Crippen LogP contribution in [0.3, 0.4) is 0 Å². The van der Waals surface area contributed by atoms with Crippen LogP contribution in [0.5, 0.6) is 0 Å². The van der Waals surface area contributed by atoms with Gasteiger partial charge in [0.1, 0.15) is 0 Å². The molecule has 2 amide bonds. The van der Waals surface area contributed by atoms with E-state index in [2.05, 4.69) is 29.4 Å². The second-order valence-corrected chi connectivity index (χ2v) is 8.28. The molecule has 0 bridgehead atoms. The number of thioether (sulfide) groups is 1. The van der Waals surface area contributed by atoms with Crippen molar-refractivity contribution >= 4 is 23.6 Å². The van der Waals surface area contributed by atoms with Gasteiger partial charge in [0.15, 0.2) is 0 Å². The Bertz CT molecular complexity index is 598. The van der Waals surface area contributed by atoms with E-state index >= 15 is 0 Å². The molecule has 2 rings (SSSR count). The summed E-state index contributed by atoms with van der Waals surface area (Å²) in [5.74, 6) is 0.994. The summed E-state index contributed by atoms with van der Waals surface area (Å²) in [5, 5.41) is 11.3. The predicted octanol–water partition coefficient (Wildman–Crippen LogP) is 4.14. The number of hydrogen-bond acceptors (Lipinski definition) is 6. The fourth-order valence-electron chi connectivity index (χ4n) is 3.21. The van der Waals surface area contributed by atoms with E-state index in [-0.39, 0.29) is 17.7 Å². The number of nitrogens with one attached hydrogen (secondary N) is 1. The molecule has 27 heavy (non-hydrogen) atoms. The molecule has 0 radical (unpaired) electrons. The molecule has 7 nitrogen and oxygen atoms in total. The third-order valence-corrected chi connectivity index (χ3v) is 6.00. The highest BCUT2D eigenvalue weighted by atomic mass is 32.2. The number of aromatic nitrogens is 2. The fourth-order valence-corrected chi connectivity index (χ4v) is 3.99. The van der Waals surface area contributed by atoms with Crippen LogP contribution in [0.4, 0.5) is 4.79 Å². The third-order valence-electron chi connectivity index (χ3n) is 5.21. The minimum absolute atomic E-state index is 0.0333. The Balaban J connectivity index is 1.71. The van der Waals surface area contributed by atoms with Crippen LogP contribution in [0, 0.1) is 5.92 Å². The van der Waals surface area contributed by atoms with Gasteiger partial charge in [-0.1, -0.05) is 57.7 Å². The molecule has 1 aliphatic carbocycles. The summed E-state index contributed by atoms with van der Waals surface area (Å²) < 4.78 is 5.47. The van der Waals surface area contributed by atoms with Crippen molar-refractivity contribution in [2.45, 2.75) is 76.5 Å². The van der Waals surface area contributed by atoms with Crippen LogP contribution in [0.25, 0.3) is 0 Å². The van der Waals surface area contributed by atoms with Crippen LogP contribution in [0.15, 0.2) is 9.64 Å². The quantitative estimate of drug-likeness (QED) is 0.472. The summed E-state index contributed by atoms with van der Waals surface area (Å²) in [4.78, 5) is 26.1. The van der Waals surface area contributed by atoms with Crippen LogP contribution in [-0.4, -0.2) is 52.3 Å². The first-order valence-electron chi connectivity index (χ1n) is 10.0. The summed E-state index contributed by atoms with van der Waals surface area (Å²) >= 11 is 1.37. The Labute approximate surface area is 166 Å². The van der Waals surface area contributed by atoms with Crippen LogP contribution < -0.4 is 5.32 Å². The highest BCUT2D eigenvalue weighted by molar-refractivity contribution is 7.99. The highest BCUT2D eigenvalue weighted by Crippen LogP contribution is 2.20. The number of ketones is 1. The number of hydrogen-bond donors (Lipinski definition) is 1. The second-order valence-electron chi connectivity index (χ2n) is 7.24. The maximum atomic E-state index is 12.2. The lowest BCUT2D eigenvalue weighted by Crippen LogP contribution is -2.44. The molecule has 1 aromatic rings. The van der Waals surface area contributed by atoms with Gasteiger partial charge in [0.2, 0.25) is 5.78 Å². The van der Waals surface area contributed by atoms with Crippen molar-refractivity contribution in [1.29, 1.82) is 0 Å². The molecule has 0 spiro atoms. The van der Waals surface area contributed by atoms with E-state index in [9.17, 15) is 9.59 Å². The van der Waals surface area contributed by atoms with Crippen LogP contribution in [0.2, 0.25) is 0 Å². The van der Waals surface area contributed by atoms with Crippen molar-refractivity contribution in [2.24, 2.45) is 5.92 Å². The van der Waals surface area contributed by atoms with E-state index in [0.717, 1.165) is 25.7 Å². The molecule has 0 unspecified atom stereocenters. The van der Waals surface area contributed by atoms with Gasteiger partial charge in [0.05, 0.1) is 0 Å². The van der Waals surface area contributed by atoms with Crippen molar-refractivity contribution in [3.8, 4) is 0 Å². The van der Waals surface area contributed by atoms with E-state index in [1.54, 1.807) is 11.9 Å². The van der Waals surface area contributed by atoms with Gasteiger partial charge in [-0.05, 0) is 18.8 Å². The lowest BCUT2D eigenvalue weighted by molar-refractivity contribution is 0.0919. The zero-order valence-corrected chi connectivity index (χ0v) is 17.5. The monoisotopic (exact) mass is 396 g/mol. The number of Topliss-reactive ketones (excluding diaryl/α,β-unsaturated/α-hetero) is 1. The average molecular weight is 397 g/mol. The fraction of sp³-hybridized carbons (Fsp3) is 0.789. The van der Waals surface area contributed by atoms with Gasteiger partial charge < -0.3 is 14.6 Å². The van der Waals surface area contributed by atoms with Gasteiger partial charge in [0, 0.05) is 31.8 Å². The van der Waals surface area contributed by atoms with Crippen LogP contribution >= 0.6 is 11.8 Å². The zero-order chi connectivity index (χ0) is 19.6. The number of rotatable bonds is 10. The molecule has 0 aliphatic heterocycles. The molecule has 8 heteroatoms. The molecular weight excluding hydrogens is 364 g/mol. The molecular formula is C19H32N4O3S. The van der Waals surface area contributed by atoms with Crippen molar-refractivity contribution in [1.82, 2.24) is 20.4 Å². The Morgan fingerprint density at radius 1 is 1.22 bits per heavy atom. The summed E-state index contributed by atoms with van der Waals surface area (Å²) in [6.07, 6.45) is 8.18. The van der Waals surface area contributed by atoms with E-state index in [1.807, 2.05) is 0 Å². The lowest BCUT2D eigenvalue weighted by atomic mass is 9.96. The molecule has 1 aromatic heterocycles. The Morgan fingerprint density at radius 2 is 1.93 bits per heavy atom. The van der Waals surface area contributed by atoms with Crippen molar-refractivity contribution < 1.29 is 14.0 Å². The van der Waals surface area contributed by atoms with Crippen LogP contribution in [0.1, 0.15) is 75.9 Å². The highest BCUT2D eigenvalue weighted by Gasteiger charge is 2.20. The largest absolute Gasteiger partial charge is 0.408 e. The molecule has 0 saturated heterocycles. The average Bonchev–Trinajstić information content (AvgIpc) is 3.15. The molecule has 1 aliphatic rings. The van der Waals surface area contributed by atoms with Gasteiger partial charge in [-0.2, -0.15) is 0 Å². The lowest BCUT2D eigenvalue weighted by Gasteiger charge is -2.26. The topological polar surface area (TPSA) is 88.3 Å². The minimum atomic E-state index is -0.0907. The smallest absolute Gasteiger partial charge is 0.317 e. The molecule has 1 heterocycles. The van der Waals surface area contributed by atoms with Gasteiger partial charge in [-0.25, -0.2) is 4.79 Å². The summed E-state index contributed by atoms with van der Waals surface area (Å²) in [7, 11) is 1.79. The van der Waals surface area contributed by atoms with Crippen molar-refractivity contribution in [3.63, 3.8) is 0 Å². The SMILES string of the molecule is CCC(CC)CC(=O)c1nnc(SCCN(C)C(=O)NC2CCCCC2)o1. The van der Waals surface area contributed by atoms with E-state index in [1.165, 1.54) is 31.0 Å². The maximum absolute atomic E-state index is 12.2. The van der Waals surface area contributed by atoms with E-state index in [0.29, 0.717) is 35.9 Å². The molecule has 1 saturated carbocycles. The number of urea groups is 1.